The molecule has 0 saturated heterocycles. The van der Waals surface area contributed by atoms with Gasteiger partial charge in [-0.2, -0.15) is 0 Å². The van der Waals surface area contributed by atoms with Crippen LogP contribution in [0.3, 0.4) is 0 Å². The van der Waals surface area contributed by atoms with Gasteiger partial charge >= 0.3 is 5.97 Å². The molecule has 4 aliphatic carbocycles. The smallest absolute Gasteiger partial charge is 0.303 e. The van der Waals surface area contributed by atoms with Crippen molar-refractivity contribution >= 4 is 5.97 Å². The fraction of sp³-hybridized carbons (Fsp3) is 0.962. The molecule has 0 aromatic heterocycles. The standard InChI is InChI=1S/C26H44O5/c1-5-16-19-12-15(27)10-11-25(19,3)23-20(28)13-26(4)17(14(2)6-9-21(29)30)7-8-18(26)22(23)24(16)31/h14-20,22-24,27-28,31H,5-13H2,1-4H3,(H,29,30)/t14?,15?,16-,17-,18?,19+,20+,22?,23?,24-,25+,26-/m1/s1. The van der Waals surface area contributed by atoms with Crippen LogP contribution in [0.15, 0.2) is 0 Å². The fourth-order valence-corrected chi connectivity index (χ4v) is 9.60. The molecule has 4 fully saturated rings. The number of hydrogen-bond donors (Lipinski definition) is 4. The zero-order valence-electron chi connectivity index (χ0n) is 19.8. The molecule has 4 rings (SSSR count). The van der Waals surface area contributed by atoms with Crippen molar-refractivity contribution in [3.8, 4) is 0 Å². The van der Waals surface area contributed by atoms with Gasteiger partial charge in [-0.05, 0) is 97.2 Å². The Balaban J connectivity index is 1.66. The molecule has 0 aromatic carbocycles. The molecule has 178 valence electrons. The predicted molar refractivity (Wildman–Crippen MR) is 119 cm³/mol. The van der Waals surface area contributed by atoms with Crippen LogP contribution in [0, 0.1) is 52.3 Å². The average molecular weight is 437 g/mol. The van der Waals surface area contributed by atoms with E-state index in [4.69, 9.17) is 5.11 Å². The van der Waals surface area contributed by atoms with E-state index in [2.05, 4.69) is 27.7 Å². The van der Waals surface area contributed by atoms with Crippen molar-refractivity contribution in [2.24, 2.45) is 52.3 Å². The number of fused-ring (bicyclic) bond motifs is 5. The molecule has 0 amide bonds. The van der Waals surface area contributed by atoms with Crippen molar-refractivity contribution in [2.75, 3.05) is 0 Å². The highest BCUT2D eigenvalue weighted by Crippen LogP contribution is 2.69. The Labute approximate surface area is 187 Å². The lowest BCUT2D eigenvalue weighted by Gasteiger charge is -2.66. The Morgan fingerprint density at radius 1 is 1.06 bits per heavy atom. The summed E-state index contributed by atoms with van der Waals surface area (Å²) in [5.41, 5.74) is -0.0767. The lowest BCUT2D eigenvalue weighted by Crippen LogP contribution is -2.65. The highest BCUT2D eigenvalue weighted by atomic mass is 16.4. The van der Waals surface area contributed by atoms with Crippen LogP contribution in [0.1, 0.15) is 85.5 Å². The van der Waals surface area contributed by atoms with Gasteiger partial charge in [-0.15, -0.1) is 0 Å². The monoisotopic (exact) mass is 436 g/mol. The Hall–Kier alpha value is -0.650. The number of carboxylic acids is 1. The number of aliphatic hydroxyl groups excluding tert-OH is 3. The van der Waals surface area contributed by atoms with E-state index in [1.165, 1.54) is 0 Å². The quantitative estimate of drug-likeness (QED) is 0.520. The van der Waals surface area contributed by atoms with Crippen molar-refractivity contribution in [1.82, 2.24) is 0 Å². The van der Waals surface area contributed by atoms with Gasteiger partial charge in [0.1, 0.15) is 0 Å². The minimum absolute atomic E-state index is 0.0302. The zero-order valence-corrected chi connectivity index (χ0v) is 19.8. The van der Waals surface area contributed by atoms with Gasteiger partial charge in [0.15, 0.2) is 0 Å². The van der Waals surface area contributed by atoms with Crippen molar-refractivity contribution < 1.29 is 25.2 Å². The summed E-state index contributed by atoms with van der Waals surface area (Å²) < 4.78 is 0. The number of hydrogen-bond acceptors (Lipinski definition) is 4. The van der Waals surface area contributed by atoms with E-state index in [-0.39, 0.29) is 47.0 Å². The molecule has 5 nitrogen and oxygen atoms in total. The van der Waals surface area contributed by atoms with Crippen molar-refractivity contribution in [1.29, 1.82) is 0 Å². The van der Waals surface area contributed by atoms with E-state index in [9.17, 15) is 20.1 Å². The molecule has 31 heavy (non-hydrogen) atoms. The topological polar surface area (TPSA) is 98.0 Å². The van der Waals surface area contributed by atoms with E-state index in [1.807, 2.05) is 0 Å². The lowest BCUT2D eigenvalue weighted by molar-refractivity contribution is -0.235. The molecule has 4 N–H and O–H groups in total. The minimum Gasteiger partial charge on any atom is -0.481 e. The normalized spacial score (nSPS) is 52.7. The van der Waals surface area contributed by atoms with Crippen LogP contribution in [0.25, 0.3) is 0 Å². The van der Waals surface area contributed by atoms with E-state index >= 15 is 0 Å². The minimum atomic E-state index is -0.734. The Morgan fingerprint density at radius 3 is 2.42 bits per heavy atom. The molecule has 0 spiro atoms. The summed E-state index contributed by atoms with van der Waals surface area (Å²) in [6.07, 6.45) is 6.04. The first-order valence-corrected chi connectivity index (χ1v) is 12.8. The van der Waals surface area contributed by atoms with Gasteiger partial charge < -0.3 is 20.4 Å². The number of carbonyl (C=O) groups is 1. The summed E-state index contributed by atoms with van der Waals surface area (Å²) in [5, 5.41) is 42.9. The summed E-state index contributed by atoms with van der Waals surface area (Å²) in [5.74, 6) is 1.00. The second-order valence-electron chi connectivity index (χ2n) is 12.2. The molecule has 0 aliphatic heterocycles. The summed E-state index contributed by atoms with van der Waals surface area (Å²) in [7, 11) is 0. The molecule has 0 bridgehead atoms. The van der Waals surface area contributed by atoms with Crippen LogP contribution < -0.4 is 0 Å². The SMILES string of the molecule is CC[C@H]1[C@@H](O)C2C3CC[C@H](C(C)CCC(=O)O)[C@@]3(C)C[C@H](O)C2[C@@]2(C)CCC(O)C[C@@H]12. The lowest BCUT2D eigenvalue weighted by atomic mass is 9.40. The van der Waals surface area contributed by atoms with E-state index in [0.717, 1.165) is 44.9 Å². The largest absolute Gasteiger partial charge is 0.481 e. The third kappa shape index (κ3) is 3.58. The van der Waals surface area contributed by atoms with E-state index in [1.54, 1.807) is 0 Å². The first kappa shape index (κ1) is 23.5. The van der Waals surface area contributed by atoms with E-state index < -0.39 is 18.2 Å². The van der Waals surface area contributed by atoms with Gasteiger partial charge in [0.2, 0.25) is 0 Å². The predicted octanol–water partition coefficient (Wildman–Crippen LogP) is 4.08. The highest BCUT2D eigenvalue weighted by molar-refractivity contribution is 5.66. The Kier molecular flexibility index (Phi) is 6.28. The highest BCUT2D eigenvalue weighted by Gasteiger charge is 2.67. The summed E-state index contributed by atoms with van der Waals surface area (Å²) >= 11 is 0. The second kappa shape index (κ2) is 8.29. The molecular formula is C26H44O5. The molecular weight excluding hydrogens is 392 g/mol. The molecule has 0 radical (unpaired) electrons. The van der Waals surface area contributed by atoms with E-state index in [0.29, 0.717) is 24.2 Å². The van der Waals surface area contributed by atoms with Crippen LogP contribution in [0.4, 0.5) is 0 Å². The Bertz CT molecular complexity index is 681. The molecule has 4 saturated carbocycles. The van der Waals surface area contributed by atoms with Crippen LogP contribution in [-0.2, 0) is 4.79 Å². The first-order chi connectivity index (χ1) is 14.5. The maximum atomic E-state index is 11.7. The van der Waals surface area contributed by atoms with Crippen molar-refractivity contribution in [3.63, 3.8) is 0 Å². The van der Waals surface area contributed by atoms with Gasteiger partial charge in [0, 0.05) is 6.42 Å². The fourth-order valence-electron chi connectivity index (χ4n) is 9.60. The molecule has 12 atom stereocenters. The van der Waals surface area contributed by atoms with Gasteiger partial charge in [-0.3, -0.25) is 4.79 Å². The Morgan fingerprint density at radius 2 is 1.77 bits per heavy atom. The summed E-state index contributed by atoms with van der Waals surface area (Å²) in [6, 6.07) is 0. The van der Waals surface area contributed by atoms with Crippen LogP contribution in [0.2, 0.25) is 0 Å². The number of rotatable bonds is 5. The third-order valence-corrected chi connectivity index (χ3v) is 10.9. The van der Waals surface area contributed by atoms with Gasteiger partial charge in [0.05, 0.1) is 18.3 Å². The molecule has 5 heteroatoms. The maximum Gasteiger partial charge on any atom is 0.303 e. The van der Waals surface area contributed by atoms with Gasteiger partial charge in [-0.1, -0.05) is 34.1 Å². The second-order valence-corrected chi connectivity index (χ2v) is 12.2. The van der Waals surface area contributed by atoms with Crippen LogP contribution in [0.5, 0.6) is 0 Å². The first-order valence-electron chi connectivity index (χ1n) is 12.8. The zero-order chi connectivity index (χ0) is 22.7. The summed E-state index contributed by atoms with van der Waals surface area (Å²) in [4.78, 5) is 11.1. The molecule has 0 aromatic rings. The maximum absolute atomic E-state index is 11.7. The van der Waals surface area contributed by atoms with Crippen molar-refractivity contribution in [2.45, 2.75) is 104 Å². The summed E-state index contributed by atoms with van der Waals surface area (Å²) in [6.45, 7) is 9.01. The van der Waals surface area contributed by atoms with Crippen molar-refractivity contribution in [3.05, 3.63) is 0 Å². The van der Waals surface area contributed by atoms with Crippen LogP contribution in [-0.4, -0.2) is 44.7 Å². The average Bonchev–Trinajstić information content (AvgIpc) is 3.04. The van der Waals surface area contributed by atoms with Crippen LogP contribution >= 0.6 is 0 Å². The molecule has 0 heterocycles. The molecule has 5 unspecified atom stereocenters. The number of aliphatic carboxylic acids is 1. The van der Waals surface area contributed by atoms with Gasteiger partial charge in [-0.25, -0.2) is 0 Å². The van der Waals surface area contributed by atoms with Gasteiger partial charge in [0.25, 0.3) is 0 Å². The third-order valence-electron chi connectivity index (χ3n) is 10.9. The number of carboxylic acid groups (broad SMARTS) is 1. The number of aliphatic hydroxyl groups is 3. The molecule has 4 aliphatic rings.